The topological polar surface area (TPSA) is 64.7 Å². The molecule has 2 saturated heterocycles. The van der Waals surface area contributed by atoms with E-state index in [1.165, 1.54) is 0 Å². The van der Waals surface area contributed by atoms with Gasteiger partial charge in [-0.3, -0.25) is 0 Å². The molecule has 2 rings (SSSR count). The van der Waals surface area contributed by atoms with Crippen LogP contribution in [0.25, 0.3) is 0 Å². The molecule has 0 bridgehead atoms. The molecule has 0 aromatic carbocycles. The molecule has 4 heteroatoms. The third-order valence-corrected chi connectivity index (χ3v) is 3.66. The van der Waals surface area contributed by atoms with Crippen LogP contribution in [0.4, 0.5) is 0 Å². The molecule has 14 heavy (non-hydrogen) atoms. The summed E-state index contributed by atoms with van der Waals surface area (Å²) < 4.78 is 10.6. The number of rotatable bonds is 3. The maximum Gasteiger partial charge on any atom is 0.0765 e. The van der Waals surface area contributed by atoms with Crippen LogP contribution < -0.4 is 5.73 Å². The van der Waals surface area contributed by atoms with E-state index >= 15 is 0 Å². The maximum absolute atomic E-state index is 9.93. The van der Waals surface area contributed by atoms with E-state index in [4.69, 9.17) is 15.2 Å². The molecule has 0 saturated carbocycles. The van der Waals surface area contributed by atoms with Gasteiger partial charge in [0.2, 0.25) is 0 Å². The average molecular weight is 201 g/mol. The molecular formula is C10H19NO3. The first kappa shape index (κ1) is 10.4. The second kappa shape index (κ2) is 4.14. The van der Waals surface area contributed by atoms with Gasteiger partial charge in [0.25, 0.3) is 0 Å². The van der Waals surface area contributed by atoms with Gasteiger partial charge >= 0.3 is 0 Å². The van der Waals surface area contributed by atoms with Crippen LogP contribution in [0.3, 0.4) is 0 Å². The summed E-state index contributed by atoms with van der Waals surface area (Å²) in [4.78, 5) is 0. The van der Waals surface area contributed by atoms with E-state index in [0.29, 0.717) is 25.7 Å². The lowest BCUT2D eigenvalue weighted by Crippen LogP contribution is -2.59. The summed E-state index contributed by atoms with van der Waals surface area (Å²) in [6, 6.07) is 0. The summed E-state index contributed by atoms with van der Waals surface area (Å²) >= 11 is 0. The van der Waals surface area contributed by atoms with Gasteiger partial charge < -0.3 is 20.3 Å². The zero-order valence-corrected chi connectivity index (χ0v) is 8.45. The highest BCUT2D eigenvalue weighted by atomic mass is 16.5. The van der Waals surface area contributed by atoms with Crippen molar-refractivity contribution in [3.63, 3.8) is 0 Å². The molecule has 0 radical (unpaired) electrons. The zero-order chi connectivity index (χ0) is 10.0. The summed E-state index contributed by atoms with van der Waals surface area (Å²) in [6.45, 7) is 3.28. The summed E-state index contributed by atoms with van der Waals surface area (Å²) in [7, 11) is 0. The number of hydrogen-bond donors (Lipinski definition) is 2. The summed E-state index contributed by atoms with van der Waals surface area (Å²) in [5.41, 5.74) is 5.47. The highest BCUT2D eigenvalue weighted by Gasteiger charge is 2.50. The van der Waals surface area contributed by atoms with Gasteiger partial charge in [0.15, 0.2) is 0 Å². The first-order chi connectivity index (χ1) is 6.79. The third kappa shape index (κ3) is 1.56. The van der Waals surface area contributed by atoms with Crippen LogP contribution in [-0.4, -0.2) is 44.2 Å². The van der Waals surface area contributed by atoms with E-state index in [2.05, 4.69) is 0 Å². The fourth-order valence-electron chi connectivity index (χ4n) is 2.55. The number of aliphatic hydroxyl groups excluding tert-OH is 1. The Labute approximate surface area is 84.4 Å². The first-order valence-electron chi connectivity index (χ1n) is 5.33. The predicted octanol–water partition coefficient (Wildman–Crippen LogP) is -0.251. The fourth-order valence-corrected chi connectivity index (χ4v) is 2.55. The second-order valence-electron chi connectivity index (χ2n) is 4.36. The van der Waals surface area contributed by atoms with E-state index in [1.807, 2.05) is 0 Å². The Morgan fingerprint density at radius 1 is 1.29 bits per heavy atom. The van der Waals surface area contributed by atoms with Crippen molar-refractivity contribution in [1.82, 2.24) is 0 Å². The van der Waals surface area contributed by atoms with Crippen molar-refractivity contribution in [2.45, 2.75) is 18.9 Å². The van der Waals surface area contributed by atoms with Crippen molar-refractivity contribution in [3.05, 3.63) is 0 Å². The standard InChI is InChI=1S/C10H19NO3/c11-5-9(12)10(6-14-7-10)8-1-3-13-4-2-8/h8-9,12H,1-7,11H2. The second-order valence-corrected chi connectivity index (χ2v) is 4.36. The molecule has 82 valence electrons. The van der Waals surface area contributed by atoms with Crippen molar-refractivity contribution in [1.29, 1.82) is 0 Å². The van der Waals surface area contributed by atoms with E-state index in [-0.39, 0.29) is 5.41 Å². The molecule has 3 N–H and O–H groups in total. The van der Waals surface area contributed by atoms with E-state index in [1.54, 1.807) is 0 Å². The minimum atomic E-state index is -0.417. The van der Waals surface area contributed by atoms with Crippen molar-refractivity contribution in [2.24, 2.45) is 17.1 Å². The largest absolute Gasteiger partial charge is 0.391 e. The minimum absolute atomic E-state index is 0.0709. The van der Waals surface area contributed by atoms with Gasteiger partial charge in [-0.15, -0.1) is 0 Å². The highest BCUT2D eigenvalue weighted by molar-refractivity contribution is 4.98. The monoisotopic (exact) mass is 201 g/mol. The Balaban J connectivity index is 2.02. The Hall–Kier alpha value is -0.160. The summed E-state index contributed by atoms with van der Waals surface area (Å²) in [5, 5.41) is 9.93. The van der Waals surface area contributed by atoms with Gasteiger partial charge in [-0.05, 0) is 18.8 Å². The molecule has 2 fully saturated rings. The lowest BCUT2D eigenvalue weighted by molar-refractivity contribution is -0.210. The average Bonchev–Trinajstić information content (AvgIpc) is 2.17. The van der Waals surface area contributed by atoms with Crippen LogP contribution in [0.15, 0.2) is 0 Å². The number of nitrogens with two attached hydrogens (primary N) is 1. The molecule has 0 aromatic rings. The van der Waals surface area contributed by atoms with Crippen molar-refractivity contribution >= 4 is 0 Å². The predicted molar refractivity (Wildman–Crippen MR) is 51.9 cm³/mol. The normalized spacial score (nSPS) is 29.6. The van der Waals surface area contributed by atoms with Gasteiger partial charge in [0.1, 0.15) is 0 Å². The first-order valence-corrected chi connectivity index (χ1v) is 5.33. The van der Waals surface area contributed by atoms with Crippen LogP contribution in [0, 0.1) is 11.3 Å². The van der Waals surface area contributed by atoms with Crippen LogP contribution in [0.2, 0.25) is 0 Å². The minimum Gasteiger partial charge on any atom is -0.391 e. The highest BCUT2D eigenvalue weighted by Crippen LogP contribution is 2.43. The van der Waals surface area contributed by atoms with E-state index < -0.39 is 6.10 Å². The molecule has 0 spiro atoms. The zero-order valence-electron chi connectivity index (χ0n) is 8.45. The number of aliphatic hydroxyl groups is 1. The number of ether oxygens (including phenoxy) is 2. The van der Waals surface area contributed by atoms with Crippen LogP contribution >= 0.6 is 0 Å². The van der Waals surface area contributed by atoms with Crippen LogP contribution in [0.5, 0.6) is 0 Å². The Kier molecular flexibility index (Phi) is 3.07. The maximum atomic E-state index is 9.93. The Bertz CT molecular complexity index is 188. The molecule has 0 aliphatic carbocycles. The van der Waals surface area contributed by atoms with Crippen LogP contribution in [-0.2, 0) is 9.47 Å². The lowest BCUT2D eigenvalue weighted by Gasteiger charge is -2.51. The third-order valence-electron chi connectivity index (χ3n) is 3.66. The smallest absolute Gasteiger partial charge is 0.0765 e. The van der Waals surface area contributed by atoms with E-state index in [0.717, 1.165) is 26.1 Å². The van der Waals surface area contributed by atoms with E-state index in [9.17, 15) is 5.11 Å². The molecule has 4 nitrogen and oxygen atoms in total. The van der Waals surface area contributed by atoms with Crippen molar-refractivity contribution in [2.75, 3.05) is 33.0 Å². The molecule has 0 aromatic heterocycles. The molecule has 2 aliphatic heterocycles. The van der Waals surface area contributed by atoms with Gasteiger partial charge in [0, 0.05) is 25.2 Å². The summed E-state index contributed by atoms with van der Waals surface area (Å²) in [6.07, 6.45) is 1.64. The molecule has 1 unspecified atom stereocenters. The Morgan fingerprint density at radius 3 is 2.36 bits per heavy atom. The SMILES string of the molecule is NCC(O)C1(C2CCOCC2)COC1. The van der Waals surface area contributed by atoms with Crippen molar-refractivity contribution < 1.29 is 14.6 Å². The fraction of sp³-hybridized carbons (Fsp3) is 1.00. The van der Waals surface area contributed by atoms with Gasteiger partial charge in [-0.1, -0.05) is 0 Å². The molecule has 0 amide bonds. The number of hydrogen-bond acceptors (Lipinski definition) is 4. The van der Waals surface area contributed by atoms with Crippen molar-refractivity contribution in [3.8, 4) is 0 Å². The molecule has 2 heterocycles. The Morgan fingerprint density at radius 2 is 1.93 bits per heavy atom. The quantitative estimate of drug-likeness (QED) is 0.661. The summed E-state index contributed by atoms with van der Waals surface area (Å²) in [5.74, 6) is 0.517. The van der Waals surface area contributed by atoms with Gasteiger partial charge in [-0.2, -0.15) is 0 Å². The van der Waals surface area contributed by atoms with Crippen LogP contribution in [0.1, 0.15) is 12.8 Å². The lowest BCUT2D eigenvalue weighted by atomic mass is 9.66. The molecule has 1 atom stereocenters. The van der Waals surface area contributed by atoms with Gasteiger partial charge in [0.05, 0.1) is 19.3 Å². The molecule has 2 aliphatic rings. The molecular weight excluding hydrogens is 182 g/mol. The van der Waals surface area contributed by atoms with Gasteiger partial charge in [-0.25, -0.2) is 0 Å².